The summed E-state index contributed by atoms with van der Waals surface area (Å²) in [7, 11) is 0. The molecule has 0 atom stereocenters. The molecule has 148 valence electrons. The predicted molar refractivity (Wildman–Crippen MR) is 105 cm³/mol. The standard InChI is InChI=1S/C22H19FN2O4/c23-16-7-5-15(6-8-16)19-10-9-17(29-19)13-24-21(26)11-12-25-18-3-1-2-4-20(18)28-14-22(25)27/h1-10H,11-14H2,(H,24,26). The minimum atomic E-state index is -0.311. The second-order valence-corrected chi connectivity index (χ2v) is 6.60. The minimum Gasteiger partial charge on any atom is -0.482 e. The molecule has 3 aromatic rings. The summed E-state index contributed by atoms with van der Waals surface area (Å²) in [6.45, 7) is 0.467. The largest absolute Gasteiger partial charge is 0.482 e. The zero-order valence-corrected chi connectivity index (χ0v) is 15.6. The molecule has 0 fully saturated rings. The Hall–Kier alpha value is -3.61. The van der Waals surface area contributed by atoms with Gasteiger partial charge in [-0.1, -0.05) is 12.1 Å². The average Bonchev–Trinajstić information content (AvgIpc) is 3.21. The number of halogens is 1. The summed E-state index contributed by atoms with van der Waals surface area (Å²) in [4.78, 5) is 25.9. The third-order valence-corrected chi connectivity index (χ3v) is 4.62. The minimum absolute atomic E-state index is 0.0306. The van der Waals surface area contributed by atoms with Crippen LogP contribution in [0, 0.1) is 5.82 Å². The highest BCUT2D eigenvalue weighted by Crippen LogP contribution is 2.31. The second kappa shape index (κ2) is 8.18. The maximum atomic E-state index is 13.0. The van der Waals surface area contributed by atoms with E-state index < -0.39 is 0 Å². The number of hydrogen-bond acceptors (Lipinski definition) is 4. The van der Waals surface area contributed by atoms with Gasteiger partial charge in [-0.15, -0.1) is 0 Å². The van der Waals surface area contributed by atoms with Crippen molar-refractivity contribution in [1.29, 1.82) is 0 Å². The van der Waals surface area contributed by atoms with Crippen LogP contribution < -0.4 is 15.0 Å². The molecule has 0 saturated heterocycles. The molecule has 1 aliphatic rings. The molecule has 2 heterocycles. The zero-order valence-electron chi connectivity index (χ0n) is 15.6. The molecule has 0 aliphatic carbocycles. The van der Waals surface area contributed by atoms with Crippen molar-refractivity contribution in [2.24, 2.45) is 0 Å². The number of ether oxygens (including phenoxy) is 1. The maximum absolute atomic E-state index is 13.0. The van der Waals surface area contributed by atoms with Crippen molar-refractivity contribution in [3.05, 3.63) is 72.2 Å². The van der Waals surface area contributed by atoms with Crippen LogP contribution in [-0.4, -0.2) is 25.0 Å². The fraction of sp³-hybridized carbons (Fsp3) is 0.182. The molecular weight excluding hydrogens is 375 g/mol. The SMILES string of the molecule is O=C(CCN1C(=O)COc2ccccc21)NCc1ccc(-c2ccc(F)cc2)o1. The number of amides is 2. The molecule has 29 heavy (non-hydrogen) atoms. The van der Waals surface area contributed by atoms with E-state index in [2.05, 4.69) is 5.32 Å². The Kier molecular flexibility index (Phi) is 5.29. The summed E-state index contributed by atoms with van der Waals surface area (Å²) in [6.07, 6.45) is 0.158. The van der Waals surface area contributed by atoms with Crippen molar-refractivity contribution in [3.8, 4) is 17.1 Å². The molecule has 0 radical (unpaired) electrons. The molecule has 2 amide bonds. The lowest BCUT2D eigenvalue weighted by molar-refractivity contribution is -0.122. The van der Waals surface area contributed by atoms with Crippen molar-refractivity contribution < 1.29 is 23.1 Å². The van der Waals surface area contributed by atoms with Crippen molar-refractivity contribution in [3.63, 3.8) is 0 Å². The molecular formula is C22H19FN2O4. The molecule has 0 unspecified atom stereocenters. The predicted octanol–water partition coefficient (Wildman–Crippen LogP) is 3.52. The summed E-state index contributed by atoms with van der Waals surface area (Å²) in [5.74, 6) is 1.15. The maximum Gasteiger partial charge on any atom is 0.265 e. The second-order valence-electron chi connectivity index (χ2n) is 6.60. The third kappa shape index (κ3) is 4.29. The molecule has 7 heteroatoms. The van der Waals surface area contributed by atoms with Gasteiger partial charge in [0.15, 0.2) is 6.61 Å². The van der Waals surface area contributed by atoms with E-state index in [1.54, 1.807) is 41.3 Å². The summed E-state index contributed by atoms with van der Waals surface area (Å²) >= 11 is 0. The van der Waals surface area contributed by atoms with Gasteiger partial charge < -0.3 is 19.4 Å². The molecule has 2 aromatic carbocycles. The third-order valence-electron chi connectivity index (χ3n) is 4.62. The number of nitrogens with one attached hydrogen (secondary N) is 1. The van der Waals surface area contributed by atoms with Crippen molar-refractivity contribution >= 4 is 17.5 Å². The molecule has 6 nitrogen and oxygen atoms in total. The van der Waals surface area contributed by atoms with Crippen LogP contribution in [0.2, 0.25) is 0 Å². The van der Waals surface area contributed by atoms with Crippen LogP contribution in [0.1, 0.15) is 12.2 Å². The topological polar surface area (TPSA) is 71.8 Å². The fourth-order valence-corrected chi connectivity index (χ4v) is 3.13. The highest BCUT2D eigenvalue weighted by atomic mass is 19.1. The number of benzene rings is 2. The lowest BCUT2D eigenvalue weighted by Crippen LogP contribution is -2.41. The molecule has 1 aromatic heterocycles. The van der Waals surface area contributed by atoms with Gasteiger partial charge in [-0.05, 0) is 48.5 Å². The number of carbonyl (C=O) groups is 2. The smallest absolute Gasteiger partial charge is 0.265 e. The number of carbonyl (C=O) groups excluding carboxylic acids is 2. The van der Waals surface area contributed by atoms with Crippen molar-refractivity contribution in [1.82, 2.24) is 5.32 Å². The molecule has 1 aliphatic heterocycles. The van der Waals surface area contributed by atoms with E-state index in [9.17, 15) is 14.0 Å². The van der Waals surface area contributed by atoms with E-state index in [0.29, 0.717) is 23.0 Å². The number of nitrogens with zero attached hydrogens (tertiary/aromatic N) is 1. The summed E-state index contributed by atoms with van der Waals surface area (Å²) in [5, 5.41) is 2.79. The Morgan fingerprint density at radius 2 is 1.86 bits per heavy atom. The van der Waals surface area contributed by atoms with E-state index in [4.69, 9.17) is 9.15 Å². The Balaban J connectivity index is 1.31. The first-order valence-electron chi connectivity index (χ1n) is 9.24. The molecule has 4 rings (SSSR count). The highest BCUT2D eigenvalue weighted by molar-refractivity contribution is 5.98. The van der Waals surface area contributed by atoms with Crippen LogP contribution in [0.15, 0.2) is 65.1 Å². The first-order chi connectivity index (χ1) is 14.1. The van der Waals surface area contributed by atoms with Crippen molar-refractivity contribution in [2.75, 3.05) is 18.1 Å². The number of rotatable bonds is 6. The Labute approximate surface area is 166 Å². The van der Waals surface area contributed by atoms with Gasteiger partial charge in [0.1, 0.15) is 23.1 Å². The fourth-order valence-electron chi connectivity index (χ4n) is 3.13. The van der Waals surface area contributed by atoms with Crippen molar-refractivity contribution in [2.45, 2.75) is 13.0 Å². The van der Waals surface area contributed by atoms with Gasteiger partial charge in [-0.25, -0.2) is 4.39 Å². The first kappa shape index (κ1) is 18.7. The van der Waals surface area contributed by atoms with Gasteiger partial charge in [-0.2, -0.15) is 0 Å². The van der Waals surface area contributed by atoms with E-state index in [0.717, 1.165) is 5.56 Å². The monoisotopic (exact) mass is 394 g/mol. The Morgan fingerprint density at radius 1 is 1.07 bits per heavy atom. The quantitative estimate of drug-likeness (QED) is 0.694. The normalized spacial score (nSPS) is 13.0. The number of anilines is 1. The molecule has 1 N–H and O–H groups in total. The number of hydrogen-bond donors (Lipinski definition) is 1. The zero-order chi connectivity index (χ0) is 20.2. The number of furan rings is 1. The van der Waals surface area contributed by atoms with E-state index >= 15 is 0 Å². The lowest BCUT2D eigenvalue weighted by atomic mass is 10.2. The van der Waals surface area contributed by atoms with Gasteiger partial charge in [0, 0.05) is 18.5 Å². The Morgan fingerprint density at radius 3 is 2.69 bits per heavy atom. The van der Waals surface area contributed by atoms with Gasteiger partial charge in [0.05, 0.1) is 12.2 Å². The van der Waals surface area contributed by atoms with Gasteiger partial charge in [-0.3, -0.25) is 9.59 Å². The summed E-state index contributed by atoms with van der Waals surface area (Å²) < 4.78 is 24.1. The highest BCUT2D eigenvalue weighted by Gasteiger charge is 2.25. The van der Waals surface area contributed by atoms with Crippen LogP contribution >= 0.6 is 0 Å². The van der Waals surface area contributed by atoms with E-state index in [1.165, 1.54) is 12.1 Å². The van der Waals surface area contributed by atoms with E-state index in [-0.39, 0.29) is 43.7 Å². The number of fused-ring (bicyclic) bond motifs is 1. The van der Waals surface area contributed by atoms with Gasteiger partial charge in [0.25, 0.3) is 5.91 Å². The lowest BCUT2D eigenvalue weighted by Gasteiger charge is -2.29. The van der Waals surface area contributed by atoms with Crippen LogP contribution in [0.25, 0.3) is 11.3 Å². The Bertz CT molecular complexity index is 1030. The average molecular weight is 394 g/mol. The first-order valence-corrected chi connectivity index (χ1v) is 9.24. The number of para-hydroxylation sites is 2. The van der Waals surface area contributed by atoms with Gasteiger partial charge in [0.2, 0.25) is 5.91 Å². The molecule has 0 saturated carbocycles. The summed E-state index contributed by atoms with van der Waals surface area (Å²) in [6, 6.07) is 16.8. The van der Waals surface area contributed by atoms with Crippen LogP contribution in [0.3, 0.4) is 0 Å². The molecule has 0 bridgehead atoms. The van der Waals surface area contributed by atoms with Crippen LogP contribution in [0.5, 0.6) is 5.75 Å². The van der Waals surface area contributed by atoms with Gasteiger partial charge >= 0.3 is 0 Å². The summed E-state index contributed by atoms with van der Waals surface area (Å²) in [5.41, 5.74) is 1.43. The van der Waals surface area contributed by atoms with Crippen LogP contribution in [0.4, 0.5) is 10.1 Å². The van der Waals surface area contributed by atoms with E-state index in [1.807, 2.05) is 12.1 Å². The molecule has 0 spiro atoms. The van der Waals surface area contributed by atoms with Crippen LogP contribution in [-0.2, 0) is 16.1 Å².